The number of ether oxygens (including phenoxy) is 3. The number of hydrogen-bond donors (Lipinski definition) is 0. The normalized spacial score (nSPS) is 16.3. The average molecular weight is 441 g/mol. The number of carbonyl (C=O) groups is 1. The number of amides is 1. The van der Waals surface area contributed by atoms with Crippen LogP contribution in [0.1, 0.15) is 32.8 Å². The van der Waals surface area contributed by atoms with Gasteiger partial charge in [0.15, 0.2) is 16.7 Å². The van der Waals surface area contributed by atoms with Gasteiger partial charge in [-0.3, -0.25) is 9.69 Å². The average Bonchev–Trinajstić information content (AvgIpc) is 3.05. The van der Waals surface area contributed by atoms with E-state index in [-0.39, 0.29) is 5.91 Å². The van der Waals surface area contributed by atoms with Gasteiger partial charge in [-0.1, -0.05) is 13.0 Å². The van der Waals surface area contributed by atoms with Gasteiger partial charge < -0.3 is 14.2 Å². The minimum absolute atomic E-state index is 0.0376. The Labute approximate surface area is 187 Å². The Bertz CT molecular complexity index is 970. The smallest absolute Gasteiger partial charge is 0.266 e. The number of hydrogen-bond acceptors (Lipinski definition) is 6. The van der Waals surface area contributed by atoms with Gasteiger partial charge in [0, 0.05) is 6.54 Å². The van der Waals surface area contributed by atoms with Crippen LogP contribution in [0.3, 0.4) is 0 Å². The largest absolute Gasteiger partial charge is 0.494 e. The summed E-state index contributed by atoms with van der Waals surface area (Å²) in [6, 6.07) is 13.2. The third kappa shape index (κ3) is 5.61. The summed E-state index contributed by atoms with van der Waals surface area (Å²) in [6.07, 6.45) is 2.72. The van der Waals surface area contributed by atoms with E-state index in [0.29, 0.717) is 41.3 Å². The first-order valence-electron chi connectivity index (χ1n) is 10.4. The monoisotopic (exact) mass is 440 g/mol. The van der Waals surface area contributed by atoms with Crippen molar-refractivity contribution < 1.29 is 19.0 Å². The first kappa shape index (κ1) is 22.7. The molecule has 0 atom stereocenters. The van der Waals surface area contributed by atoms with Crippen LogP contribution in [0.2, 0.25) is 0 Å². The molecule has 0 aliphatic carbocycles. The summed E-state index contributed by atoms with van der Waals surface area (Å²) in [5.41, 5.74) is 1.65. The summed E-state index contributed by atoms with van der Waals surface area (Å²) in [5, 5.41) is 0.681. The SMILES string of the molecule is CCCN1C(=O)/C(=C\c2ccc(OCC)c(OC)c2)SC1=Nc1ccc(OCC)cc1. The van der Waals surface area contributed by atoms with Gasteiger partial charge in [0.25, 0.3) is 5.91 Å². The minimum atomic E-state index is -0.0376. The molecule has 1 fully saturated rings. The van der Waals surface area contributed by atoms with Crippen molar-refractivity contribution in [2.75, 3.05) is 26.9 Å². The molecule has 0 aromatic heterocycles. The summed E-state index contributed by atoms with van der Waals surface area (Å²) in [4.78, 5) is 20.1. The number of aliphatic imine (C=N–C) groups is 1. The fourth-order valence-corrected chi connectivity index (χ4v) is 4.13. The predicted octanol–water partition coefficient (Wildman–Crippen LogP) is 5.51. The van der Waals surface area contributed by atoms with Crippen LogP contribution in [0, 0.1) is 0 Å². The first-order valence-corrected chi connectivity index (χ1v) is 11.2. The summed E-state index contributed by atoms with van der Waals surface area (Å²) in [6.45, 7) is 7.72. The Morgan fingerprint density at radius 3 is 2.39 bits per heavy atom. The molecule has 6 nitrogen and oxygen atoms in total. The summed E-state index contributed by atoms with van der Waals surface area (Å²) in [7, 11) is 1.61. The van der Waals surface area contributed by atoms with Crippen molar-refractivity contribution in [3.05, 3.63) is 52.9 Å². The lowest BCUT2D eigenvalue weighted by Crippen LogP contribution is -2.29. The zero-order chi connectivity index (χ0) is 22.2. The molecule has 1 heterocycles. The molecule has 1 aliphatic rings. The molecular weight excluding hydrogens is 412 g/mol. The fourth-order valence-electron chi connectivity index (χ4n) is 3.11. The molecule has 164 valence electrons. The van der Waals surface area contributed by atoms with Crippen LogP contribution in [0.4, 0.5) is 5.69 Å². The van der Waals surface area contributed by atoms with E-state index in [9.17, 15) is 4.79 Å². The highest BCUT2D eigenvalue weighted by molar-refractivity contribution is 8.18. The molecule has 1 saturated heterocycles. The maximum Gasteiger partial charge on any atom is 0.266 e. The number of benzene rings is 2. The zero-order valence-corrected chi connectivity index (χ0v) is 19.2. The van der Waals surface area contributed by atoms with Gasteiger partial charge >= 0.3 is 0 Å². The molecule has 2 aromatic rings. The lowest BCUT2D eigenvalue weighted by molar-refractivity contribution is -0.122. The molecule has 2 aromatic carbocycles. The lowest BCUT2D eigenvalue weighted by atomic mass is 10.2. The van der Waals surface area contributed by atoms with Crippen molar-refractivity contribution in [1.82, 2.24) is 4.90 Å². The van der Waals surface area contributed by atoms with E-state index >= 15 is 0 Å². The molecule has 0 radical (unpaired) electrons. The number of amidine groups is 1. The van der Waals surface area contributed by atoms with Gasteiger partial charge in [-0.15, -0.1) is 0 Å². The maximum atomic E-state index is 13.0. The molecule has 0 N–H and O–H groups in total. The van der Waals surface area contributed by atoms with Gasteiger partial charge in [0.2, 0.25) is 0 Å². The fraction of sp³-hybridized carbons (Fsp3) is 0.333. The molecule has 0 spiro atoms. The van der Waals surface area contributed by atoms with Gasteiger partial charge in [-0.2, -0.15) is 0 Å². The van der Waals surface area contributed by atoms with Crippen molar-refractivity contribution in [2.45, 2.75) is 27.2 Å². The predicted molar refractivity (Wildman–Crippen MR) is 126 cm³/mol. The summed E-state index contributed by atoms with van der Waals surface area (Å²) >= 11 is 1.38. The lowest BCUT2D eigenvalue weighted by Gasteiger charge is -2.14. The Morgan fingerprint density at radius 2 is 1.74 bits per heavy atom. The van der Waals surface area contributed by atoms with Gasteiger partial charge in [-0.05, 0) is 80.1 Å². The summed E-state index contributed by atoms with van der Waals surface area (Å²) < 4.78 is 16.5. The molecular formula is C24H28N2O4S. The van der Waals surface area contributed by atoms with E-state index in [1.54, 1.807) is 12.0 Å². The van der Waals surface area contributed by atoms with Crippen LogP contribution in [-0.2, 0) is 4.79 Å². The van der Waals surface area contributed by atoms with E-state index in [1.165, 1.54) is 11.8 Å². The third-order valence-corrected chi connectivity index (χ3v) is 5.50. The number of thioether (sulfide) groups is 1. The van der Waals surface area contributed by atoms with Crippen LogP contribution in [-0.4, -0.2) is 42.8 Å². The zero-order valence-electron chi connectivity index (χ0n) is 18.4. The van der Waals surface area contributed by atoms with Crippen molar-refractivity contribution in [1.29, 1.82) is 0 Å². The van der Waals surface area contributed by atoms with Crippen molar-refractivity contribution >= 4 is 34.6 Å². The maximum absolute atomic E-state index is 13.0. The topological polar surface area (TPSA) is 60.4 Å². The second-order valence-electron chi connectivity index (χ2n) is 6.73. The van der Waals surface area contributed by atoms with E-state index < -0.39 is 0 Å². The molecule has 0 bridgehead atoms. The molecule has 0 unspecified atom stereocenters. The highest BCUT2D eigenvalue weighted by Gasteiger charge is 2.32. The molecule has 0 saturated carbocycles. The van der Waals surface area contributed by atoms with Crippen molar-refractivity contribution in [3.63, 3.8) is 0 Å². The second-order valence-corrected chi connectivity index (χ2v) is 7.74. The van der Waals surface area contributed by atoms with Gasteiger partial charge in [0.05, 0.1) is 30.9 Å². The highest BCUT2D eigenvalue weighted by Crippen LogP contribution is 2.36. The van der Waals surface area contributed by atoms with Crippen LogP contribution in [0.5, 0.6) is 17.2 Å². The molecule has 1 aliphatic heterocycles. The summed E-state index contributed by atoms with van der Waals surface area (Å²) in [5.74, 6) is 2.09. The second kappa shape index (κ2) is 10.9. The number of nitrogens with zero attached hydrogens (tertiary/aromatic N) is 2. The van der Waals surface area contributed by atoms with Crippen molar-refractivity contribution in [3.8, 4) is 17.2 Å². The van der Waals surface area contributed by atoms with Crippen LogP contribution in [0.25, 0.3) is 6.08 Å². The number of carbonyl (C=O) groups excluding carboxylic acids is 1. The molecule has 3 rings (SSSR count). The van der Waals surface area contributed by atoms with Crippen LogP contribution >= 0.6 is 11.8 Å². The van der Waals surface area contributed by atoms with Gasteiger partial charge in [-0.25, -0.2) is 4.99 Å². The molecule has 1 amide bonds. The number of methoxy groups -OCH3 is 1. The highest BCUT2D eigenvalue weighted by atomic mass is 32.2. The standard InChI is InChI=1S/C24H28N2O4S/c1-5-14-26-23(27)22(16-17-8-13-20(30-7-3)21(15-17)28-4)31-24(26)25-18-9-11-19(12-10-18)29-6-2/h8-13,15-16H,5-7,14H2,1-4H3/b22-16+,25-24?. The minimum Gasteiger partial charge on any atom is -0.494 e. The van der Waals surface area contributed by atoms with Crippen LogP contribution in [0.15, 0.2) is 52.4 Å². The Morgan fingerprint density at radius 1 is 1.00 bits per heavy atom. The quantitative estimate of drug-likeness (QED) is 0.482. The van der Waals surface area contributed by atoms with E-state index in [4.69, 9.17) is 19.2 Å². The van der Waals surface area contributed by atoms with E-state index in [2.05, 4.69) is 0 Å². The first-order chi connectivity index (χ1) is 15.1. The van der Waals surface area contributed by atoms with E-state index in [1.807, 2.05) is 69.3 Å². The Hall–Kier alpha value is -2.93. The van der Waals surface area contributed by atoms with Gasteiger partial charge in [0.1, 0.15) is 5.75 Å². The molecule has 7 heteroatoms. The van der Waals surface area contributed by atoms with E-state index in [0.717, 1.165) is 23.4 Å². The van der Waals surface area contributed by atoms with Crippen molar-refractivity contribution in [2.24, 2.45) is 4.99 Å². The van der Waals surface area contributed by atoms with Crippen LogP contribution < -0.4 is 14.2 Å². The Kier molecular flexibility index (Phi) is 8.00. The third-order valence-electron chi connectivity index (χ3n) is 4.49. The Balaban J connectivity index is 1.88. The molecule has 31 heavy (non-hydrogen) atoms. The number of rotatable bonds is 9.